The summed E-state index contributed by atoms with van der Waals surface area (Å²) in [5, 5.41) is 19.0. The Kier molecular flexibility index (Phi) is 5.96. The van der Waals surface area contributed by atoms with Crippen LogP contribution in [0.4, 0.5) is 0 Å². The van der Waals surface area contributed by atoms with Crippen molar-refractivity contribution >= 4 is 11.9 Å². The van der Waals surface area contributed by atoms with Crippen molar-refractivity contribution in [3.8, 4) is 0 Å². The topological polar surface area (TPSA) is 93.6 Å². The Labute approximate surface area is 136 Å². The summed E-state index contributed by atoms with van der Waals surface area (Å²) in [5.41, 5.74) is 0. The highest BCUT2D eigenvalue weighted by Gasteiger charge is 2.36. The quantitative estimate of drug-likeness (QED) is 0.646. The number of nitrogens with zero attached hydrogens (tertiary/aromatic N) is 3. The Morgan fingerprint density at radius 3 is 2.35 bits per heavy atom. The predicted molar refractivity (Wildman–Crippen MR) is 83.1 cm³/mol. The van der Waals surface area contributed by atoms with Gasteiger partial charge in [0.2, 0.25) is 5.91 Å². The number of aliphatic hydroxyl groups is 1. The van der Waals surface area contributed by atoms with E-state index in [-0.39, 0.29) is 37.2 Å². The second-order valence-electron chi connectivity index (χ2n) is 6.69. The van der Waals surface area contributed by atoms with E-state index in [4.69, 9.17) is 9.84 Å². The molecule has 0 aromatic heterocycles. The molecule has 0 aromatic rings. The molecule has 0 radical (unpaired) electrons. The van der Waals surface area contributed by atoms with E-state index in [9.17, 15) is 14.7 Å². The molecule has 2 rings (SSSR count). The number of rotatable bonds is 5. The van der Waals surface area contributed by atoms with Gasteiger partial charge in [0, 0.05) is 32.2 Å². The van der Waals surface area contributed by atoms with Gasteiger partial charge in [0.25, 0.3) is 0 Å². The number of carbonyl (C=O) groups excluding carboxylic acids is 1. The Morgan fingerprint density at radius 1 is 1.17 bits per heavy atom. The third-order valence-electron chi connectivity index (χ3n) is 4.42. The first-order chi connectivity index (χ1) is 10.8. The van der Waals surface area contributed by atoms with Gasteiger partial charge in [-0.05, 0) is 20.9 Å². The van der Waals surface area contributed by atoms with Gasteiger partial charge in [0.15, 0.2) is 0 Å². The Balaban J connectivity index is 1.86. The van der Waals surface area contributed by atoms with Crippen LogP contribution in [0.3, 0.4) is 0 Å². The highest BCUT2D eigenvalue weighted by Crippen LogP contribution is 2.16. The van der Waals surface area contributed by atoms with Gasteiger partial charge < -0.3 is 19.8 Å². The zero-order valence-corrected chi connectivity index (χ0v) is 14.0. The summed E-state index contributed by atoms with van der Waals surface area (Å²) >= 11 is 0. The number of ether oxygens (including phenoxy) is 1. The third kappa shape index (κ3) is 4.87. The average Bonchev–Trinajstić information content (AvgIpc) is 2.77. The van der Waals surface area contributed by atoms with Gasteiger partial charge in [-0.3, -0.25) is 19.4 Å². The molecule has 2 N–H and O–H groups in total. The van der Waals surface area contributed by atoms with Crippen LogP contribution in [-0.4, -0.2) is 107 Å². The van der Waals surface area contributed by atoms with Gasteiger partial charge in [-0.25, -0.2) is 0 Å². The van der Waals surface area contributed by atoms with Gasteiger partial charge in [-0.2, -0.15) is 0 Å². The number of β-amino-alcohol motifs (C(OH)–C–C–N with tert-alkyl or cyclic N) is 1. The van der Waals surface area contributed by atoms with Crippen molar-refractivity contribution in [3.63, 3.8) is 0 Å². The minimum Gasteiger partial charge on any atom is -0.480 e. The molecule has 4 atom stereocenters. The molecule has 0 aromatic carbocycles. The van der Waals surface area contributed by atoms with Crippen molar-refractivity contribution in [2.24, 2.45) is 0 Å². The second kappa shape index (κ2) is 7.57. The maximum atomic E-state index is 12.4. The number of carboxylic acids is 1. The van der Waals surface area contributed by atoms with Crippen LogP contribution in [0, 0.1) is 0 Å². The molecule has 2 aliphatic rings. The number of likely N-dealkylation sites (N-methyl/N-ethyl adjacent to an activating group) is 1. The highest BCUT2D eigenvalue weighted by molar-refractivity contribution is 5.78. The summed E-state index contributed by atoms with van der Waals surface area (Å²) in [6, 6.07) is -0.263. The number of aliphatic carboxylic acids is 1. The van der Waals surface area contributed by atoms with E-state index < -0.39 is 12.1 Å². The lowest BCUT2D eigenvalue weighted by atomic mass is 10.2. The van der Waals surface area contributed by atoms with Crippen molar-refractivity contribution in [3.05, 3.63) is 0 Å². The molecular weight excluding hydrogens is 302 g/mol. The lowest BCUT2D eigenvalue weighted by Crippen LogP contribution is -2.51. The van der Waals surface area contributed by atoms with Crippen LogP contribution in [0.15, 0.2) is 0 Å². The summed E-state index contributed by atoms with van der Waals surface area (Å²) in [5.74, 6) is -0.897. The lowest BCUT2D eigenvalue weighted by Gasteiger charge is -2.36. The lowest BCUT2D eigenvalue weighted by molar-refractivity contribution is -0.144. The van der Waals surface area contributed by atoms with E-state index in [0.717, 1.165) is 0 Å². The number of carboxylic acid groups (broad SMARTS) is 1. The first-order valence-electron chi connectivity index (χ1n) is 8.02. The van der Waals surface area contributed by atoms with Crippen LogP contribution in [0.25, 0.3) is 0 Å². The summed E-state index contributed by atoms with van der Waals surface area (Å²) < 4.78 is 5.63. The van der Waals surface area contributed by atoms with Crippen molar-refractivity contribution < 1.29 is 24.5 Å². The summed E-state index contributed by atoms with van der Waals surface area (Å²) in [6.45, 7) is 6.07. The normalized spacial score (nSPS) is 32.5. The number of amides is 1. The molecule has 0 spiro atoms. The molecule has 8 heteroatoms. The van der Waals surface area contributed by atoms with Crippen molar-refractivity contribution in [1.82, 2.24) is 14.7 Å². The maximum absolute atomic E-state index is 12.4. The zero-order valence-electron chi connectivity index (χ0n) is 14.0. The first-order valence-corrected chi connectivity index (χ1v) is 8.02. The van der Waals surface area contributed by atoms with E-state index >= 15 is 0 Å². The van der Waals surface area contributed by atoms with Crippen LogP contribution in [-0.2, 0) is 14.3 Å². The summed E-state index contributed by atoms with van der Waals surface area (Å²) in [6.07, 6.45) is -0.586. The standard InChI is InChI=1S/C15H27N3O5/c1-10-4-18(5-11(2)23-10)14(20)8-17-6-12(13(19)7-17)16(3)9-15(21)22/h10-13,19H,4-9H2,1-3H3,(H,21,22)/t10-,11+,12-,13-/m1/s1. The maximum Gasteiger partial charge on any atom is 0.317 e. The zero-order chi connectivity index (χ0) is 17.1. The van der Waals surface area contributed by atoms with Gasteiger partial charge in [-0.1, -0.05) is 0 Å². The molecule has 0 unspecified atom stereocenters. The first kappa shape index (κ1) is 18.1. The molecule has 132 valence electrons. The van der Waals surface area contributed by atoms with Crippen molar-refractivity contribution in [1.29, 1.82) is 0 Å². The molecule has 0 bridgehead atoms. The molecule has 2 fully saturated rings. The minimum absolute atomic E-state index is 0.0285. The molecule has 0 saturated carbocycles. The van der Waals surface area contributed by atoms with E-state index in [1.54, 1.807) is 16.8 Å². The van der Waals surface area contributed by atoms with Gasteiger partial charge >= 0.3 is 5.97 Å². The predicted octanol–water partition coefficient (Wildman–Crippen LogP) is -1.32. The molecular formula is C15H27N3O5. The fourth-order valence-electron chi connectivity index (χ4n) is 3.41. The Hall–Kier alpha value is -1.22. The fraction of sp³-hybridized carbons (Fsp3) is 0.867. The Bertz CT molecular complexity index is 437. The Morgan fingerprint density at radius 2 is 1.78 bits per heavy atom. The number of likely N-dealkylation sites (tertiary alicyclic amines) is 1. The van der Waals surface area contributed by atoms with Crippen LogP contribution >= 0.6 is 0 Å². The molecule has 2 saturated heterocycles. The van der Waals surface area contributed by atoms with E-state index in [1.165, 1.54) is 0 Å². The average molecular weight is 329 g/mol. The number of aliphatic hydroxyl groups excluding tert-OH is 1. The smallest absolute Gasteiger partial charge is 0.317 e. The number of carbonyl (C=O) groups is 2. The monoisotopic (exact) mass is 329 g/mol. The second-order valence-corrected chi connectivity index (χ2v) is 6.69. The SMILES string of the molecule is C[C@@H]1CN(C(=O)CN2C[C@@H](O)[C@H](N(C)CC(=O)O)C2)C[C@H](C)O1. The van der Waals surface area contributed by atoms with Crippen LogP contribution < -0.4 is 0 Å². The van der Waals surface area contributed by atoms with Crippen LogP contribution in [0.2, 0.25) is 0 Å². The van der Waals surface area contributed by atoms with E-state index in [0.29, 0.717) is 26.2 Å². The minimum atomic E-state index is -0.925. The van der Waals surface area contributed by atoms with E-state index in [1.807, 2.05) is 18.7 Å². The number of hydrogen-bond acceptors (Lipinski definition) is 6. The molecule has 8 nitrogen and oxygen atoms in total. The molecule has 1 amide bonds. The van der Waals surface area contributed by atoms with Crippen molar-refractivity contribution in [2.45, 2.75) is 38.2 Å². The molecule has 23 heavy (non-hydrogen) atoms. The molecule has 0 aliphatic carbocycles. The van der Waals surface area contributed by atoms with Crippen LogP contribution in [0.5, 0.6) is 0 Å². The number of morpholine rings is 1. The van der Waals surface area contributed by atoms with Crippen LogP contribution in [0.1, 0.15) is 13.8 Å². The van der Waals surface area contributed by atoms with E-state index in [2.05, 4.69) is 0 Å². The summed E-state index contributed by atoms with van der Waals surface area (Å²) in [4.78, 5) is 28.6. The van der Waals surface area contributed by atoms with Gasteiger partial charge in [0.05, 0.1) is 31.4 Å². The highest BCUT2D eigenvalue weighted by atomic mass is 16.5. The third-order valence-corrected chi connectivity index (χ3v) is 4.42. The molecule has 2 aliphatic heterocycles. The fourth-order valence-corrected chi connectivity index (χ4v) is 3.41. The summed E-state index contributed by atoms with van der Waals surface area (Å²) in [7, 11) is 1.68. The number of hydrogen-bond donors (Lipinski definition) is 2. The molecule has 2 heterocycles. The van der Waals surface area contributed by atoms with Gasteiger partial charge in [0.1, 0.15) is 0 Å². The largest absolute Gasteiger partial charge is 0.480 e. The van der Waals surface area contributed by atoms with Crippen molar-refractivity contribution in [2.75, 3.05) is 46.3 Å². The van der Waals surface area contributed by atoms with Gasteiger partial charge in [-0.15, -0.1) is 0 Å².